The molecular formula is C20H39IO3. The second kappa shape index (κ2) is 21.2. The summed E-state index contributed by atoms with van der Waals surface area (Å²) < 4.78 is 11.9. The zero-order valence-electron chi connectivity index (χ0n) is 15.8. The standard InChI is InChI=1S/C20H39IO3/c1-2-3-4-5-6-7-8-9-12-15-20(22)24-19-18-23-17-14-11-10-13-16-21/h2-19H2,1H3. The number of hydrogen-bond acceptors (Lipinski definition) is 3. The van der Waals surface area contributed by atoms with E-state index in [1.165, 1.54) is 68.6 Å². The summed E-state index contributed by atoms with van der Waals surface area (Å²) in [5.74, 6) is -0.0661. The maximum Gasteiger partial charge on any atom is 0.305 e. The van der Waals surface area contributed by atoms with Crippen LogP contribution in [0.15, 0.2) is 0 Å². The van der Waals surface area contributed by atoms with Crippen molar-refractivity contribution in [3.05, 3.63) is 0 Å². The van der Waals surface area contributed by atoms with Crippen molar-refractivity contribution >= 4 is 28.6 Å². The van der Waals surface area contributed by atoms with Gasteiger partial charge in [-0.2, -0.15) is 0 Å². The highest BCUT2D eigenvalue weighted by atomic mass is 127. The van der Waals surface area contributed by atoms with Gasteiger partial charge in [-0.25, -0.2) is 0 Å². The van der Waals surface area contributed by atoms with E-state index in [0.717, 1.165) is 25.9 Å². The fourth-order valence-electron chi connectivity index (χ4n) is 2.62. The van der Waals surface area contributed by atoms with Gasteiger partial charge < -0.3 is 9.47 Å². The molecule has 0 atom stereocenters. The molecule has 24 heavy (non-hydrogen) atoms. The monoisotopic (exact) mass is 454 g/mol. The molecule has 0 unspecified atom stereocenters. The van der Waals surface area contributed by atoms with E-state index in [-0.39, 0.29) is 5.97 Å². The minimum absolute atomic E-state index is 0.0661. The van der Waals surface area contributed by atoms with Crippen molar-refractivity contribution in [3.63, 3.8) is 0 Å². The van der Waals surface area contributed by atoms with Crippen LogP contribution in [0.2, 0.25) is 0 Å². The van der Waals surface area contributed by atoms with Gasteiger partial charge in [0.1, 0.15) is 6.61 Å². The number of rotatable bonds is 19. The molecule has 144 valence electrons. The number of carbonyl (C=O) groups is 1. The molecule has 0 saturated heterocycles. The number of alkyl halides is 1. The normalized spacial score (nSPS) is 10.9. The van der Waals surface area contributed by atoms with Crippen molar-refractivity contribution in [1.29, 1.82) is 0 Å². The van der Waals surface area contributed by atoms with Crippen molar-refractivity contribution in [2.24, 2.45) is 0 Å². The fourth-order valence-corrected chi connectivity index (χ4v) is 3.16. The minimum atomic E-state index is -0.0661. The van der Waals surface area contributed by atoms with Gasteiger partial charge in [0.15, 0.2) is 0 Å². The maximum absolute atomic E-state index is 11.6. The van der Waals surface area contributed by atoms with E-state index < -0.39 is 0 Å². The maximum atomic E-state index is 11.6. The van der Waals surface area contributed by atoms with Crippen LogP contribution in [-0.4, -0.2) is 30.2 Å². The van der Waals surface area contributed by atoms with Crippen molar-refractivity contribution in [1.82, 2.24) is 0 Å². The predicted molar refractivity (Wildman–Crippen MR) is 111 cm³/mol. The van der Waals surface area contributed by atoms with E-state index in [9.17, 15) is 4.79 Å². The molecule has 3 nitrogen and oxygen atoms in total. The van der Waals surface area contributed by atoms with Crippen LogP contribution in [0.25, 0.3) is 0 Å². The largest absolute Gasteiger partial charge is 0.463 e. The Hall–Kier alpha value is 0.160. The van der Waals surface area contributed by atoms with Gasteiger partial charge in [0.25, 0.3) is 0 Å². The first kappa shape index (κ1) is 24.2. The van der Waals surface area contributed by atoms with Crippen LogP contribution < -0.4 is 0 Å². The summed E-state index contributed by atoms with van der Waals surface area (Å²) in [5.41, 5.74) is 0. The third-order valence-electron chi connectivity index (χ3n) is 4.15. The summed E-state index contributed by atoms with van der Waals surface area (Å²) in [7, 11) is 0. The molecule has 0 aliphatic heterocycles. The molecule has 0 rings (SSSR count). The van der Waals surface area contributed by atoms with E-state index in [0.29, 0.717) is 19.6 Å². The van der Waals surface area contributed by atoms with Gasteiger partial charge in [-0.05, 0) is 23.7 Å². The van der Waals surface area contributed by atoms with Gasteiger partial charge in [-0.15, -0.1) is 0 Å². The molecule has 0 radical (unpaired) electrons. The summed E-state index contributed by atoms with van der Waals surface area (Å²) in [6.45, 7) is 3.98. The quantitative estimate of drug-likeness (QED) is 0.0972. The average Bonchev–Trinajstić information content (AvgIpc) is 2.59. The van der Waals surface area contributed by atoms with Crippen LogP contribution in [0.4, 0.5) is 0 Å². The van der Waals surface area contributed by atoms with E-state index in [4.69, 9.17) is 9.47 Å². The molecule has 0 bridgehead atoms. The summed E-state index contributed by atoms with van der Waals surface area (Å²) in [4.78, 5) is 11.6. The molecule has 0 amide bonds. The smallest absolute Gasteiger partial charge is 0.305 e. The van der Waals surface area contributed by atoms with Crippen molar-refractivity contribution in [2.45, 2.75) is 96.8 Å². The molecule has 0 aromatic carbocycles. The van der Waals surface area contributed by atoms with Crippen molar-refractivity contribution in [3.8, 4) is 0 Å². The lowest BCUT2D eigenvalue weighted by Crippen LogP contribution is -2.10. The zero-order chi connectivity index (χ0) is 17.7. The number of unbranched alkanes of at least 4 members (excludes halogenated alkanes) is 11. The first-order valence-corrected chi connectivity index (χ1v) is 11.6. The van der Waals surface area contributed by atoms with Gasteiger partial charge in [0.2, 0.25) is 0 Å². The Bertz CT molecular complexity index is 235. The lowest BCUT2D eigenvalue weighted by atomic mass is 10.1. The minimum Gasteiger partial charge on any atom is -0.463 e. The predicted octanol–water partition coefficient (Wildman–Crippen LogP) is 6.46. The Morgan fingerprint density at radius 1 is 0.708 bits per heavy atom. The van der Waals surface area contributed by atoms with E-state index in [1.807, 2.05) is 0 Å². The third kappa shape index (κ3) is 20.2. The van der Waals surface area contributed by atoms with Crippen molar-refractivity contribution < 1.29 is 14.3 Å². The molecule has 0 saturated carbocycles. The molecule has 0 N–H and O–H groups in total. The van der Waals surface area contributed by atoms with E-state index >= 15 is 0 Å². The van der Waals surface area contributed by atoms with E-state index in [2.05, 4.69) is 29.5 Å². The van der Waals surface area contributed by atoms with Gasteiger partial charge >= 0.3 is 5.97 Å². The second-order valence-electron chi connectivity index (χ2n) is 6.51. The highest BCUT2D eigenvalue weighted by Gasteiger charge is 2.02. The Morgan fingerprint density at radius 3 is 1.96 bits per heavy atom. The number of carbonyl (C=O) groups excluding carboxylic acids is 1. The van der Waals surface area contributed by atoms with Crippen LogP contribution in [-0.2, 0) is 14.3 Å². The molecule has 4 heteroatoms. The van der Waals surface area contributed by atoms with Crippen molar-refractivity contribution in [2.75, 3.05) is 24.2 Å². The number of ether oxygens (including phenoxy) is 2. The summed E-state index contributed by atoms with van der Waals surface area (Å²) in [5, 5.41) is 0. The first-order chi connectivity index (χ1) is 11.8. The Morgan fingerprint density at radius 2 is 1.29 bits per heavy atom. The van der Waals surface area contributed by atoms with Gasteiger partial charge in [-0.1, -0.05) is 93.7 Å². The lowest BCUT2D eigenvalue weighted by Gasteiger charge is -2.06. The molecule has 0 fully saturated rings. The Kier molecular flexibility index (Phi) is 21.3. The average molecular weight is 454 g/mol. The highest BCUT2D eigenvalue weighted by Crippen LogP contribution is 2.10. The van der Waals surface area contributed by atoms with Crippen LogP contribution in [0.1, 0.15) is 96.8 Å². The van der Waals surface area contributed by atoms with Gasteiger partial charge in [0.05, 0.1) is 6.61 Å². The summed E-state index contributed by atoms with van der Waals surface area (Å²) >= 11 is 2.41. The topological polar surface area (TPSA) is 35.5 Å². The molecule has 0 aliphatic carbocycles. The van der Waals surface area contributed by atoms with Crippen LogP contribution in [0.3, 0.4) is 0 Å². The lowest BCUT2D eigenvalue weighted by molar-refractivity contribution is -0.145. The van der Waals surface area contributed by atoms with Gasteiger partial charge in [0, 0.05) is 13.0 Å². The molecule has 0 aliphatic rings. The SMILES string of the molecule is CCCCCCCCCCCC(=O)OCCOCCCCCCI. The highest BCUT2D eigenvalue weighted by molar-refractivity contribution is 14.1. The molecule has 0 aromatic rings. The first-order valence-electron chi connectivity index (χ1n) is 10.1. The molecule has 0 heterocycles. The van der Waals surface area contributed by atoms with Gasteiger partial charge in [-0.3, -0.25) is 4.79 Å². The van der Waals surface area contributed by atoms with Crippen LogP contribution in [0, 0.1) is 0 Å². The second-order valence-corrected chi connectivity index (χ2v) is 7.59. The molecular weight excluding hydrogens is 415 g/mol. The summed E-state index contributed by atoms with van der Waals surface area (Å²) in [6.07, 6.45) is 17.0. The van der Waals surface area contributed by atoms with Crippen LogP contribution in [0.5, 0.6) is 0 Å². The Labute approximate surface area is 163 Å². The fraction of sp³-hybridized carbons (Fsp3) is 0.950. The summed E-state index contributed by atoms with van der Waals surface area (Å²) in [6, 6.07) is 0. The molecule has 0 spiro atoms. The number of hydrogen-bond donors (Lipinski definition) is 0. The zero-order valence-corrected chi connectivity index (χ0v) is 18.0. The third-order valence-corrected chi connectivity index (χ3v) is 4.91. The Balaban J connectivity index is 3.13. The molecule has 0 aromatic heterocycles. The number of esters is 1. The van der Waals surface area contributed by atoms with E-state index in [1.54, 1.807) is 0 Å². The number of halogens is 1. The van der Waals surface area contributed by atoms with Crippen LogP contribution >= 0.6 is 22.6 Å².